The zero-order valence-corrected chi connectivity index (χ0v) is 20.2. The highest BCUT2D eigenvalue weighted by molar-refractivity contribution is 5.88. The minimum absolute atomic E-state index is 0.0992. The standard InChI is InChI=1S/C25H29F4N5O/c1-5-34-11-9-16(10-12-34)18-13-19-22(31-15(3)32-23(19)33-24(18)35-4)30-14(2)17-7-6-8-20(21(17)26)25(27,28)29/h6-8,13-14,16H,5,9-12H2,1-4H3,(H,30,31,32,33)/t14-/m1/s1. The van der Waals surface area contributed by atoms with E-state index in [0.29, 0.717) is 28.6 Å². The smallest absolute Gasteiger partial charge is 0.419 e. The summed E-state index contributed by atoms with van der Waals surface area (Å²) in [6.45, 7) is 8.39. The molecular formula is C25H29F4N5O. The van der Waals surface area contributed by atoms with Crippen molar-refractivity contribution >= 4 is 16.9 Å². The van der Waals surface area contributed by atoms with E-state index in [0.717, 1.165) is 44.1 Å². The van der Waals surface area contributed by atoms with E-state index in [1.807, 2.05) is 6.07 Å². The second-order valence-corrected chi connectivity index (χ2v) is 8.86. The van der Waals surface area contributed by atoms with Gasteiger partial charge in [0, 0.05) is 11.1 Å². The number of nitrogens with zero attached hydrogens (tertiary/aromatic N) is 4. The minimum Gasteiger partial charge on any atom is -0.481 e. The highest BCUT2D eigenvalue weighted by atomic mass is 19.4. The van der Waals surface area contributed by atoms with Crippen molar-refractivity contribution in [3.05, 3.63) is 52.6 Å². The van der Waals surface area contributed by atoms with Crippen molar-refractivity contribution in [3.8, 4) is 5.88 Å². The molecule has 4 rings (SSSR count). The molecule has 3 heterocycles. The third kappa shape index (κ3) is 5.17. The lowest BCUT2D eigenvalue weighted by Gasteiger charge is -2.31. The average molecular weight is 492 g/mol. The molecule has 0 radical (unpaired) electrons. The van der Waals surface area contributed by atoms with Gasteiger partial charge in [0.25, 0.3) is 0 Å². The van der Waals surface area contributed by atoms with Crippen LogP contribution < -0.4 is 10.1 Å². The first kappa shape index (κ1) is 25.1. The first-order valence-electron chi connectivity index (χ1n) is 11.7. The van der Waals surface area contributed by atoms with Gasteiger partial charge in [0.15, 0.2) is 5.65 Å². The van der Waals surface area contributed by atoms with Crippen molar-refractivity contribution in [1.82, 2.24) is 19.9 Å². The number of rotatable bonds is 6. The number of benzene rings is 1. The normalized spacial score (nSPS) is 16.5. The number of anilines is 1. The topological polar surface area (TPSA) is 63.2 Å². The summed E-state index contributed by atoms with van der Waals surface area (Å²) in [5.41, 5.74) is -0.0372. The van der Waals surface area contributed by atoms with Crippen LogP contribution >= 0.6 is 0 Å². The summed E-state index contributed by atoms with van der Waals surface area (Å²) < 4.78 is 60.0. The lowest BCUT2D eigenvalue weighted by Crippen LogP contribution is -2.32. The average Bonchev–Trinajstić information content (AvgIpc) is 2.82. The molecule has 0 unspecified atom stereocenters. The molecule has 1 aliphatic heterocycles. The Kier molecular flexibility index (Phi) is 7.12. The summed E-state index contributed by atoms with van der Waals surface area (Å²) in [6.07, 6.45) is -2.86. The summed E-state index contributed by atoms with van der Waals surface area (Å²) in [4.78, 5) is 15.9. The number of nitrogens with one attached hydrogen (secondary N) is 1. The zero-order chi connectivity index (χ0) is 25.3. The van der Waals surface area contributed by atoms with Crippen molar-refractivity contribution in [1.29, 1.82) is 0 Å². The molecule has 1 aliphatic rings. The van der Waals surface area contributed by atoms with Crippen LogP contribution in [-0.4, -0.2) is 46.6 Å². The number of ether oxygens (including phenoxy) is 1. The predicted octanol–water partition coefficient (Wildman–Crippen LogP) is 5.87. The maximum atomic E-state index is 14.8. The van der Waals surface area contributed by atoms with Gasteiger partial charge in [-0.25, -0.2) is 14.4 Å². The monoisotopic (exact) mass is 491 g/mol. The number of piperidine rings is 1. The summed E-state index contributed by atoms with van der Waals surface area (Å²) in [5.74, 6) is 0.276. The number of halogens is 4. The first-order valence-corrected chi connectivity index (χ1v) is 11.7. The molecule has 1 fully saturated rings. The maximum Gasteiger partial charge on any atom is 0.419 e. The number of alkyl halides is 3. The molecule has 1 atom stereocenters. The number of likely N-dealkylation sites (tertiary alicyclic amines) is 1. The van der Waals surface area contributed by atoms with Crippen LogP contribution in [0.4, 0.5) is 23.4 Å². The van der Waals surface area contributed by atoms with Gasteiger partial charge < -0.3 is 15.0 Å². The van der Waals surface area contributed by atoms with E-state index < -0.39 is 23.6 Å². The van der Waals surface area contributed by atoms with Gasteiger partial charge in [-0.1, -0.05) is 19.1 Å². The van der Waals surface area contributed by atoms with E-state index in [-0.39, 0.29) is 11.5 Å². The third-order valence-corrected chi connectivity index (χ3v) is 6.61. The van der Waals surface area contributed by atoms with Crippen molar-refractivity contribution in [2.75, 3.05) is 32.1 Å². The Morgan fingerprint density at radius 2 is 1.89 bits per heavy atom. The molecule has 0 bridgehead atoms. The summed E-state index contributed by atoms with van der Waals surface area (Å²) in [6, 6.07) is 4.45. The Hall–Kier alpha value is -3.01. The molecule has 0 spiro atoms. The number of aryl methyl sites for hydroxylation is 1. The Morgan fingerprint density at radius 3 is 2.51 bits per heavy atom. The highest BCUT2D eigenvalue weighted by Crippen LogP contribution is 2.38. The zero-order valence-electron chi connectivity index (χ0n) is 20.2. The molecule has 1 N–H and O–H groups in total. The Labute approximate surface area is 201 Å². The fourth-order valence-corrected chi connectivity index (χ4v) is 4.67. The molecule has 6 nitrogen and oxygen atoms in total. The van der Waals surface area contributed by atoms with Crippen LogP contribution in [-0.2, 0) is 6.18 Å². The largest absolute Gasteiger partial charge is 0.481 e. The molecule has 0 aliphatic carbocycles. The Balaban J connectivity index is 1.73. The number of aromatic nitrogens is 3. The molecule has 10 heteroatoms. The first-order chi connectivity index (χ1) is 16.6. The van der Waals surface area contributed by atoms with Gasteiger partial charge in [-0.2, -0.15) is 18.2 Å². The molecule has 35 heavy (non-hydrogen) atoms. The van der Waals surface area contributed by atoms with Gasteiger partial charge in [-0.15, -0.1) is 0 Å². The van der Waals surface area contributed by atoms with Crippen LogP contribution in [0.3, 0.4) is 0 Å². The maximum absolute atomic E-state index is 14.8. The van der Waals surface area contributed by atoms with Gasteiger partial charge in [-0.05, 0) is 64.4 Å². The molecule has 2 aromatic heterocycles. The van der Waals surface area contributed by atoms with Crippen LogP contribution in [0.15, 0.2) is 24.3 Å². The molecule has 188 valence electrons. The van der Waals surface area contributed by atoms with Crippen molar-refractivity contribution in [3.63, 3.8) is 0 Å². The number of pyridine rings is 1. The number of methoxy groups -OCH3 is 1. The molecule has 1 aromatic carbocycles. The number of fused-ring (bicyclic) bond motifs is 1. The second-order valence-electron chi connectivity index (χ2n) is 8.86. The van der Waals surface area contributed by atoms with Crippen molar-refractivity contribution in [2.45, 2.75) is 51.7 Å². The van der Waals surface area contributed by atoms with Gasteiger partial charge in [-0.3, -0.25) is 0 Å². The van der Waals surface area contributed by atoms with Crippen molar-refractivity contribution < 1.29 is 22.3 Å². The van der Waals surface area contributed by atoms with E-state index >= 15 is 0 Å². The molecular weight excluding hydrogens is 462 g/mol. The van der Waals surface area contributed by atoms with Crippen molar-refractivity contribution in [2.24, 2.45) is 0 Å². The number of hydrogen-bond acceptors (Lipinski definition) is 6. The lowest BCUT2D eigenvalue weighted by molar-refractivity contribution is -0.140. The molecule has 1 saturated heterocycles. The van der Waals surface area contributed by atoms with E-state index in [1.165, 1.54) is 12.1 Å². The van der Waals surface area contributed by atoms with E-state index in [4.69, 9.17) is 4.74 Å². The van der Waals surface area contributed by atoms with E-state index in [1.54, 1.807) is 21.0 Å². The third-order valence-electron chi connectivity index (χ3n) is 6.61. The van der Waals surface area contributed by atoms with Crippen LogP contribution in [0.25, 0.3) is 11.0 Å². The molecule has 3 aromatic rings. The van der Waals surface area contributed by atoms with E-state index in [9.17, 15) is 17.6 Å². The fraction of sp³-hybridized carbons (Fsp3) is 0.480. The lowest BCUT2D eigenvalue weighted by atomic mass is 9.89. The minimum atomic E-state index is -4.78. The van der Waals surface area contributed by atoms with Gasteiger partial charge in [0.2, 0.25) is 5.88 Å². The fourth-order valence-electron chi connectivity index (χ4n) is 4.67. The Morgan fingerprint density at radius 1 is 1.17 bits per heavy atom. The highest BCUT2D eigenvalue weighted by Gasteiger charge is 2.35. The predicted molar refractivity (Wildman–Crippen MR) is 126 cm³/mol. The van der Waals surface area contributed by atoms with E-state index in [2.05, 4.69) is 32.1 Å². The van der Waals surface area contributed by atoms with Gasteiger partial charge in [0.05, 0.1) is 24.1 Å². The van der Waals surface area contributed by atoms with Crippen LogP contribution in [0, 0.1) is 12.7 Å². The molecule has 0 saturated carbocycles. The SMILES string of the molecule is CCN1CCC(c2cc3c(N[C@H](C)c4cccc(C(F)(F)F)c4F)nc(C)nc3nc2OC)CC1. The quantitative estimate of drug-likeness (QED) is 0.435. The second kappa shape index (κ2) is 9.93. The summed E-state index contributed by atoms with van der Waals surface area (Å²) in [5, 5.41) is 3.71. The summed E-state index contributed by atoms with van der Waals surface area (Å²) >= 11 is 0. The van der Waals surface area contributed by atoms with Crippen LogP contribution in [0.2, 0.25) is 0 Å². The number of hydrogen-bond donors (Lipinski definition) is 1. The summed E-state index contributed by atoms with van der Waals surface area (Å²) in [7, 11) is 1.57. The van der Waals surface area contributed by atoms with Crippen LogP contribution in [0.1, 0.15) is 61.2 Å². The Bertz CT molecular complexity index is 1210. The van der Waals surface area contributed by atoms with Gasteiger partial charge in [0.1, 0.15) is 17.5 Å². The van der Waals surface area contributed by atoms with Gasteiger partial charge >= 0.3 is 6.18 Å². The van der Waals surface area contributed by atoms with Crippen LogP contribution in [0.5, 0.6) is 5.88 Å². The molecule has 0 amide bonds.